The summed E-state index contributed by atoms with van der Waals surface area (Å²) < 4.78 is 28.4. The fourth-order valence-corrected chi connectivity index (χ4v) is 4.55. The number of nitrogens with zero attached hydrogens (tertiary/aromatic N) is 2. The van der Waals surface area contributed by atoms with Crippen molar-refractivity contribution < 1.29 is 23.1 Å². The Morgan fingerprint density at radius 1 is 1.00 bits per heavy atom. The number of fused-ring (bicyclic) bond motifs is 1. The van der Waals surface area contributed by atoms with E-state index in [1.807, 2.05) is 11.4 Å². The predicted octanol–water partition coefficient (Wildman–Crippen LogP) is 5.34. The molecule has 2 aromatic heterocycles. The Morgan fingerprint density at radius 3 is 2.31 bits per heavy atom. The molecule has 0 aliphatic rings. The maximum Gasteiger partial charge on any atom is 0.412 e. The number of para-hydroxylation sites is 2. The summed E-state index contributed by atoms with van der Waals surface area (Å²) in [6.45, 7) is 5.29. The van der Waals surface area contributed by atoms with Gasteiger partial charge in [0.15, 0.2) is 0 Å². The van der Waals surface area contributed by atoms with Crippen molar-refractivity contribution in [1.82, 2.24) is 9.97 Å². The first kappa shape index (κ1) is 25.4. The number of amides is 2. The first-order valence-corrected chi connectivity index (χ1v) is 13.0. The van der Waals surface area contributed by atoms with Crippen molar-refractivity contribution in [2.45, 2.75) is 32.1 Å². The molecule has 0 saturated heterocycles. The number of carbonyl (C=O) groups excluding carboxylic acids is 2. The Morgan fingerprint density at radius 2 is 1.67 bits per heavy atom. The topological polar surface area (TPSA) is 133 Å². The molecular weight excluding hydrogens is 500 g/mol. The van der Waals surface area contributed by atoms with Gasteiger partial charge in [0.05, 0.1) is 33.0 Å². The summed E-state index contributed by atoms with van der Waals surface area (Å²) in [6.07, 6.45) is -0.626. The molecule has 0 aliphatic carbocycles. The predicted molar refractivity (Wildman–Crippen MR) is 140 cm³/mol. The Labute approximate surface area is 214 Å². The number of benzene rings is 2. The second-order valence-corrected chi connectivity index (χ2v) is 10.6. The van der Waals surface area contributed by atoms with Crippen molar-refractivity contribution >= 4 is 56.0 Å². The Hall–Kier alpha value is -3.67. The maximum absolute atomic E-state index is 12.9. The largest absolute Gasteiger partial charge is 0.772 e. The minimum Gasteiger partial charge on any atom is -0.772 e. The molecule has 2 heterocycles. The number of carbonyl (C=O) groups is 2. The third-order valence-corrected chi connectivity index (χ3v) is 6.23. The van der Waals surface area contributed by atoms with Gasteiger partial charge in [-0.05, 0) is 67.6 Å². The summed E-state index contributed by atoms with van der Waals surface area (Å²) in [6, 6.07) is 15.4. The molecule has 1 atom stereocenters. The molecule has 0 radical (unpaired) electrons. The summed E-state index contributed by atoms with van der Waals surface area (Å²) in [5.41, 5.74) is 2.56. The van der Waals surface area contributed by atoms with E-state index >= 15 is 0 Å². The summed E-state index contributed by atoms with van der Waals surface area (Å²) in [5, 5.41) is 7.33. The number of ether oxygens (including phenoxy) is 1. The lowest BCUT2D eigenvalue weighted by molar-refractivity contribution is 0.0635. The monoisotopic (exact) mass is 523 g/mol. The van der Waals surface area contributed by atoms with Crippen LogP contribution in [0.5, 0.6) is 0 Å². The molecule has 4 rings (SSSR count). The zero-order valence-electron chi connectivity index (χ0n) is 19.7. The summed E-state index contributed by atoms with van der Waals surface area (Å²) in [4.78, 5) is 33.9. The van der Waals surface area contributed by atoms with Gasteiger partial charge in [0.2, 0.25) is 0 Å². The van der Waals surface area contributed by atoms with Crippen LogP contribution >= 0.6 is 11.3 Å². The molecule has 0 fully saturated rings. The summed E-state index contributed by atoms with van der Waals surface area (Å²) in [7, 11) is 0. The van der Waals surface area contributed by atoms with E-state index in [0.29, 0.717) is 28.1 Å². The van der Waals surface area contributed by atoms with Gasteiger partial charge in [-0.2, -0.15) is 0 Å². The standard InChI is InChI=1S/C25H24N4O5S2/c1-25(2,3)34-24(31)28-18-7-5-4-6-17(18)27-23(30)16-10-8-15(9-11-16)21-22-19(12-13-35-22)26-20(29-21)14-36(32)33/h4-13H,14H2,1-3H3,(H,27,30)(H,28,31)(H,32,33)/p-1. The van der Waals surface area contributed by atoms with Crippen LogP contribution in [0.1, 0.15) is 37.0 Å². The van der Waals surface area contributed by atoms with Crippen molar-refractivity contribution in [3.8, 4) is 11.3 Å². The fraction of sp³-hybridized carbons (Fsp3) is 0.200. The maximum atomic E-state index is 12.9. The molecule has 2 amide bonds. The average molecular weight is 524 g/mol. The van der Waals surface area contributed by atoms with Crippen molar-refractivity contribution in [2.75, 3.05) is 10.6 Å². The summed E-state index contributed by atoms with van der Waals surface area (Å²) in [5.74, 6) is -0.442. The molecule has 9 nitrogen and oxygen atoms in total. The number of hydrogen-bond donors (Lipinski definition) is 2. The van der Waals surface area contributed by atoms with E-state index < -0.39 is 22.8 Å². The van der Waals surface area contributed by atoms with Gasteiger partial charge in [-0.25, -0.2) is 14.8 Å². The number of hydrogen-bond acceptors (Lipinski definition) is 8. The number of nitrogens with one attached hydrogen (secondary N) is 2. The van der Waals surface area contributed by atoms with Crippen LogP contribution in [0.15, 0.2) is 60.0 Å². The van der Waals surface area contributed by atoms with Gasteiger partial charge >= 0.3 is 6.09 Å². The van der Waals surface area contributed by atoms with Crippen molar-refractivity contribution in [1.29, 1.82) is 0 Å². The van der Waals surface area contributed by atoms with Gasteiger partial charge in [0.25, 0.3) is 5.91 Å². The average Bonchev–Trinajstić information content (AvgIpc) is 3.27. The minimum atomic E-state index is -2.31. The molecule has 2 N–H and O–H groups in total. The van der Waals surface area contributed by atoms with Gasteiger partial charge in [-0.3, -0.25) is 14.3 Å². The summed E-state index contributed by atoms with van der Waals surface area (Å²) >= 11 is -0.856. The lowest BCUT2D eigenvalue weighted by atomic mass is 10.1. The highest BCUT2D eigenvalue weighted by atomic mass is 32.2. The number of rotatable bonds is 6. The molecule has 4 aromatic rings. The zero-order chi connectivity index (χ0) is 25.9. The normalized spacial score (nSPS) is 12.2. The second kappa shape index (κ2) is 10.5. The Kier molecular flexibility index (Phi) is 7.43. The van der Waals surface area contributed by atoms with Crippen molar-refractivity contribution in [3.63, 3.8) is 0 Å². The zero-order valence-corrected chi connectivity index (χ0v) is 21.4. The van der Waals surface area contributed by atoms with Gasteiger partial charge < -0.3 is 14.6 Å². The lowest BCUT2D eigenvalue weighted by Gasteiger charge is -2.20. The van der Waals surface area contributed by atoms with Crippen LogP contribution in [-0.4, -0.2) is 36.3 Å². The van der Waals surface area contributed by atoms with E-state index in [0.717, 1.165) is 10.3 Å². The molecule has 0 saturated carbocycles. The first-order valence-electron chi connectivity index (χ1n) is 10.9. The van der Waals surface area contributed by atoms with E-state index in [2.05, 4.69) is 20.6 Å². The molecule has 36 heavy (non-hydrogen) atoms. The highest BCUT2D eigenvalue weighted by molar-refractivity contribution is 7.78. The smallest absolute Gasteiger partial charge is 0.412 e. The second-order valence-electron chi connectivity index (χ2n) is 8.78. The van der Waals surface area contributed by atoms with E-state index in [1.54, 1.807) is 69.3 Å². The highest BCUT2D eigenvalue weighted by Gasteiger charge is 2.18. The number of anilines is 2. The van der Waals surface area contributed by atoms with Gasteiger partial charge in [0, 0.05) is 11.1 Å². The highest BCUT2D eigenvalue weighted by Crippen LogP contribution is 2.31. The van der Waals surface area contributed by atoms with Crippen LogP contribution in [0.4, 0.5) is 16.2 Å². The SMILES string of the molecule is CC(C)(C)OC(=O)Nc1ccccc1NC(=O)c1ccc(-c2nc(CS(=O)[O-])nc3ccsc23)cc1. The van der Waals surface area contributed by atoms with Crippen LogP contribution in [0.25, 0.3) is 21.5 Å². The van der Waals surface area contributed by atoms with E-state index in [4.69, 9.17) is 4.74 Å². The Balaban J connectivity index is 1.54. The third-order valence-electron chi connectivity index (χ3n) is 4.83. The van der Waals surface area contributed by atoms with E-state index in [1.165, 1.54) is 11.3 Å². The Bertz CT molecular complexity index is 1450. The van der Waals surface area contributed by atoms with E-state index in [9.17, 15) is 18.4 Å². The molecular formula is C25H23N4O5S2-. The van der Waals surface area contributed by atoms with Gasteiger partial charge in [-0.15, -0.1) is 11.3 Å². The molecule has 1 unspecified atom stereocenters. The van der Waals surface area contributed by atoms with Crippen LogP contribution in [0.2, 0.25) is 0 Å². The van der Waals surface area contributed by atoms with Crippen LogP contribution < -0.4 is 10.6 Å². The molecule has 0 bridgehead atoms. The van der Waals surface area contributed by atoms with Crippen LogP contribution in [-0.2, 0) is 21.6 Å². The van der Waals surface area contributed by atoms with Crippen LogP contribution in [0.3, 0.4) is 0 Å². The molecule has 186 valence electrons. The van der Waals surface area contributed by atoms with Gasteiger partial charge in [0.1, 0.15) is 11.4 Å². The van der Waals surface area contributed by atoms with Crippen molar-refractivity contribution in [3.05, 3.63) is 71.4 Å². The molecule has 0 spiro atoms. The minimum absolute atomic E-state index is 0.208. The quantitative estimate of drug-likeness (QED) is 0.326. The van der Waals surface area contributed by atoms with Gasteiger partial charge in [-0.1, -0.05) is 24.3 Å². The lowest BCUT2D eigenvalue weighted by Crippen LogP contribution is -2.27. The van der Waals surface area contributed by atoms with E-state index in [-0.39, 0.29) is 17.5 Å². The van der Waals surface area contributed by atoms with Crippen molar-refractivity contribution in [2.24, 2.45) is 0 Å². The fourth-order valence-electron chi connectivity index (χ4n) is 3.37. The number of thiophene rings is 1. The first-order chi connectivity index (χ1) is 17.1. The third kappa shape index (κ3) is 6.30. The number of aromatic nitrogens is 2. The van der Waals surface area contributed by atoms with Crippen LogP contribution in [0, 0.1) is 0 Å². The molecule has 0 aliphatic heterocycles. The molecule has 11 heteroatoms. The molecule has 2 aromatic carbocycles.